The first kappa shape index (κ1) is 18.7. The van der Waals surface area contributed by atoms with Crippen LogP contribution < -0.4 is 15.4 Å². The lowest BCUT2D eigenvalue weighted by molar-refractivity contribution is -0.274. The normalized spacial score (nSPS) is 12.2. The molecule has 0 aliphatic heterocycles. The van der Waals surface area contributed by atoms with Gasteiger partial charge in [-0.3, -0.25) is 4.99 Å². The molecule has 0 bridgehead atoms. The molecule has 0 spiro atoms. The number of aliphatic imine (C=N–C) groups is 1. The van der Waals surface area contributed by atoms with Crippen LogP contribution in [-0.2, 0) is 13.1 Å². The lowest BCUT2D eigenvalue weighted by Gasteiger charge is -2.15. The van der Waals surface area contributed by atoms with Crippen molar-refractivity contribution in [2.75, 3.05) is 7.05 Å². The molecule has 8 heteroatoms. The van der Waals surface area contributed by atoms with Gasteiger partial charge >= 0.3 is 6.36 Å². The van der Waals surface area contributed by atoms with E-state index >= 15 is 0 Å². The highest BCUT2D eigenvalue weighted by molar-refractivity contribution is 5.79. The van der Waals surface area contributed by atoms with E-state index in [0.29, 0.717) is 18.1 Å². The molecule has 5 nitrogen and oxygen atoms in total. The maximum absolute atomic E-state index is 12.4. The van der Waals surface area contributed by atoms with Gasteiger partial charge in [-0.2, -0.15) is 0 Å². The van der Waals surface area contributed by atoms with Crippen molar-refractivity contribution < 1.29 is 22.3 Å². The summed E-state index contributed by atoms with van der Waals surface area (Å²) in [6, 6.07) is 7.89. The molecular formula is C17H20F3N3O2. The Balaban J connectivity index is 1.96. The van der Waals surface area contributed by atoms with Crippen molar-refractivity contribution in [3.05, 3.63) is 53.0 Å². The summed E-state index contributed by atoms with van der Waals surface area (Å²) in [6.45, 7) is 4.35. The molecule has 1 aromatic heterocycles. The topological polar surface area (TPSA) is 58.8 Å². The van der Waals surface area contributed by atoms with Gasteiger partial charge in [0, 0.05) is 31.3 Å². The summed E-state index contributed by atoms with van der Waals surface area (Å²) in [4.78, 5) is 4.06. The first-order chi connectivity index (χ1) is 11.8. The van der Waals surface area contributed by atoms with E-state index < -0.39 is 6.36 Å². The van der Waals surface area contributed by atoms with E-state index in [1.54, 1.807) is 19.2 Å². The van der Waals surface area contributed by atoms with Gasteiger partial charge in [0.05, 0.1) is 0 Å². The van der Waals surface area contributed by atoms with Gasteiger partial charge < -0.3 is 19.8 Å². The smallest absolute Gasteiger partial charge is 0.466 e. The first-order valence-electron chi connectivity index (χ1n) is 7.62. The van der Waals surface area contributed by atoms with Crippen LogP contribution in [0.5, 0.6) is 5.75 Å². The van der Waals surface area contributed by atoms with Crippen molar-refractivity contribution in [2.24, 2.45) is 4.99 Å². The largest absolute Gasteiger partial charge is 0.573 e. The van der Waals surface area contributed by atoms with Crippen LogP contribution in [0, 0.1) is 13.8 Å². The molecule has 0 radical (unpaired) electrons. The SMILES string of the molecule is CN=C(NCc1ccccc1OC(F)(F)F)NCc1cc(C)oc1C. The molecule has 1 aromatic carbocycles. The van der Waals surface area contributed by atoms with Crippen LogP contribution in [0.3, 0.4) is 0 Å². The maximum atomic E-state index is 12.4. The molecule has 0 atom stereocenters. The Morgan fingerprint density at radius 3 is 2.32 bits per heavy atom. The van der Waals surface area contributed by atoms with Gasteiger partial charge in [-0.05, 0) is 26.0 Å². The molecule has 0 fully saturated rings. The lowest BCUT2D eigenvalue weighted by Crippen LogP contribution is -2.36. The Bertz CT molecular complexity index is 739. The second-order valence-electron chi connectivity index (χ2n) is 5.37. The number of nitrogens with one attached hydrogen (secondary N) is 2. The fourth-order valence-electron chi connectivity index (χ4n) is 2.31. The van der Waals surface area contributed by atoms with Crippen molar-refractivity contribution in [2.45, 2.75) is 33.3 Å². The average Bonchev–Trinajstić information content (AvgIpc) is 2.85. The summed E-state index contributed by atoms with van der Waals surface area (Å²) in [5.74, 6) is 1.85. The van der Waals surface area contributed by atoms with Gasteiger partial charge in [-0.15, -0.1) is 13.2 Å². The van der Waals surface area contributed by atoms with Crippen LogP contribution in [0.2, 0.25) is 0 Å². The number of nitrogens with zero attached hydrogens (tertiary/aromatic N) is 1. The minimum atomic E-state index is -4.73. The molecule has 2 aromatic rings. The summed E-state index contributed by atoms with van der Waals surface area (Å²) >= 11 is 0. The number of benzene rings is 1. The van der Waals surface area contributed by atoms with Crippen molar-refractivity contribution in [3.8, 4) is 5.75 Å². The van der Waals surface area contributed by atoms with E-state index in [1.807, 2.05) is 19.9 Å². The van der Waals surface area contributed by atoms with E-state index in [0.717, 1.165) is 17.1 Å². The molecule has 0 aliphatic rings. The van der Waals surface area contributed by atoms with Crippen LogP contribution in [0.15, 0.2) is 39.7 Å². The predicted molar refractivity (Wildman–Crippen MR) is 88.3 cm³/mol. The number of para-hydroxylation sites is 1. The number of rotatable bonds is 5. The quantitative estimate of drug-likeness (QED) is 0.635. The molecule has 0 unspecified atom stereocenters. The van der Waals surface area contributed by atoms with Gasteiger partial charge in [-0.25, -0.2) is 0 Å². The van der Waals surface area contributed by atoms with Crippen molar-refractivity contribution in [1.82, 2.24) is 10.6 Å². The molecule has 25 heavy (non-hydrogen) atoms. The molecule has 136 valence electrons. The van der Waals surface area contributed by atoms with Crippen molar-refractivity contribution in [3.63, 3.8) is 0 Å². The summed E-state index contributed by atoms with van der Waals surface area (Å²) in [7, 11) is 1.58. The van der Waals surface area contributed by atoms with E-state index in [4.69, 9.17) is 4.42 Å². The number of furan rings is 1. The van der Waals surface area contributed by atoms with Gasteiger partial charge in [0.2, 0.25) is 0 Å². The average molecular weight is 355 g/mol. The van der Waals surface area contributed by atoms with Crippen LogP contribution in [0.1, 0.15) is 22.6 Å². The molecular weight excluding hydrogens is 335 g/mol. The molecule has 0 aliphatic carbocycles. The van der Waals surface area contributed by atoms with E-state index in [-0.39, 0.29) is 12.3 Å². The Morgan fingerprint density at radius 2 is 1.76 bits per heavy atom. The highest BCUT2D eigenvalue weighted by Crippen LogP contribution is 2.26. The number of hydrogen-bond donors (Lipinski definition) is 2. The second kappa shape index (κ2) is 7.96. The van der Waals surface area contributed by atoms with Crippen molar-refractivity contribution in [1.29, 1.82) is 0 Å². The number of guanidine groups is 1. The third-order valence-electron chi connectivity index (χ3n) is 3.46. The Labute approximate surface area is 143 Å². The van der Waals surface area contributed by atoms with Gasteiger partial charge in [0.25, 0.3) is 0 Å². The van der Waals surface area contributed by atoms with Crippen LogP contribution >= 0.6 is 0 Å². The predicted octanol–water partition coefficient (Wildman–Crippen LogP) is 3.66. The minimum absolute atomic E-state index is 0.134. The third-order valence-corrected chi connectivity index (χ3v) is 3.46. The van der Waals surface area contributed by atoms with Gasteiger partial charge in [-0.1, -0.05) is 18.2 Å². The Hall–Kier alpha value is -2.64. The number of halogens is 3. The molecule has 2 rings (SSSR count). The molecule has 2 N–H and O–H groups in total. The van der Waals surface area contributed by atoms with Crippen LogP contribution in [0.4, 0.5) is 13.2 Å². The summed E-state index contributed by atoms with van der Waals surface area (Å²) in [6.07, 6.45) is -4.73. The first-order valence-corrected chi connectivity index (χ1v) is 7.62. The Kier molecular flexibility index (Phi) is 5.95. The zero-order chi connectivity index (χ0) is 18.4. The fourth-order valence-corrected chi connectivity index (χ4v) is 2.31. The number of alkyl halides is 3. The number of aryl methyl sites for hydroxylation is 2. The van der Waals surface area contributed by atoms with E-state index in [1.165, 1.54) is 12.1 Å². The molecule has 1 heterocycles. The maximum Gasteiger partial charge on any atom is 0.573 e. The second-order valence-corrected chi connectivity index (χ2v) is 5.37. The fraction of sp³-hybridized carbons (Fsp3) is 0.353. The monoisotopic (exact) mass is 355 g/mol. The number of ether oxygens (including phenoxy) is 1. The van der Waals surface area contributed by atoms with E-state index in [9.17, 15) is 13.2 Å². The minimum Gasteiger partial charge on any atom is -0.466 e. The summed E-state index contributed by atoms with van der Waals surface area (Å²) in [5, 5.41) is 6.06. The highest BCUT2D eigenvalue weighted by atomic mass is 19.4. The third kappa shape index (κ3) is 5.74. The summed E-state index contributed by atoms with van der Waals surface area (Å²) in [5.41, 5.74) is 1.36. The van der Waals surface area contributed by atoms with Crippen LogP contribution in [-0.4, -0.2) is 19.4 Å². The van der Waals surface area contributed by atoms with Crippen molar-refractivity contribution >= 4 is 5.96 Å². The lowest BCUT2D eigenvalue weighted by atomic mass is 10.2. The number of hydrogen-bond acceptors (Lipinski definition) is 3. The van der Waals surface area contributed by atoms with Gasteiger partial charge in [0.1, 0.15) is 17.3 Å². The molecule has 0 saturated carbocycles. The van der Waals surface area contributed by atoms with Gasteiger partial charge in [0.15, 0.2) is 5.96 Å². The standard InChI is InChI=1S/C17H20F3N3O2/c1-11-8-14(12(2)24-11)10-23-16(21-3)22-9-13-6-4-5-7-15(13)25-17(18,19)20/h4-8H,9-10H2,1-3H3,(H2,21,22,23). The van der Waals surface area contributed by atoms with Crippen LogP contribution in [0.25, 0.3) is 0 Å². The Morgan fingerprint density at radius 1 is 1.12 bits per heavy atom. The zero-order valence-corrected chi connectivity index (χ0v) is 14.2. The molecule has 0 amide bonds. The molecule has 0 saturated heterocycles. The zero-order valence-electron chi connectivity index (χ0n) is 14.2. The highest BCUT2D eigenvalue weighted by Gasteiger charge is 2.31. The summed E-state index contributed by atoms with van der Waals surface area (Å²) < 4.78 is 46.8. The van der Waals surface area contributed by atoms with E-state index in [2.05, 4.69) is 20.4 Å².